The quantitative estimate of drug-likeness (QED) is 0.754. The van der Waals surface area contributed by atoms with Gasteiger partial charge in [-0.25, -0.2) is 0 Å². The molecule has 2 aliphatic rings. The molecule has 0 atom stereocenters. The molecule has 1 aromatic carbocycles. The van der Waals surface area contributed by atoms with E-state index >= 15 is 0 Å². The Labute approximate surface area is 102 Å². The molecular weight excluding hydrogens is 212 g/mol. The van der Waals surface area contributed by atoms with E-state index in [-0.39, 0.29) is 5.91 Å². The lowest BCUT2D eigenvalue weighted by atomic mass is 9.94. The molecule has 0 radical (unpaired) electrons. The molecule has 1 amide bonds. The first-order chi connectivity index (χ1) is 8.25. The Morgan fingerprint density at radius 2 is 1.94 bits per heavy atom. The van der Waals surface area contributed by atoms with E-state index < -0.39 is 0 Å². The van der Waals surface area contributed by atoms with E-state index in [1.54, 1.807) is 0 Å². The molecule has 1 aliphatic carbocycles. The molecule has 90 valence electrons. The number of carbonyl (C=O) groups is 1. The zero-order valence-electron chi connectivity index (χ0n) is 9.98. The first-order valence-electron chi connectivity index (χ1n) is 6.45. The monoisotopic (exact) mass is 230 g/mol. The van der Waals surface area contributed by atoms with Crippen molar-refractivity contribution in [1.82, 2.24) is 4.90 Å². The third kappa shape index (κ3) is 1.79. The predicted octanol–water partition coefficient (Wildman–Crippen LogP) is 2.56. The minimum absolute atomic E-state index is 0.201. The van der Waals surface area contributed by atoms with Gasteiger partial charge in [0.15, 0.2) is 0 Å². The van der Waals surface area contributed by atoms with Gasteiger partial charge in [-0.05, 0) is 36.6 Å². The minimum Gasteiger partial charge on any atom is -0.399 e. The Hall–Kier alpha value is -1.51. The zero-order chi connectivity index (χ0) is 11.8. The minimum atomic E-state index is 0.201. The molecule has 3 heteroatoms. The van der Waals surface area contributed by atoms with Gasteiger partial charge in [-0.2, -0.15) is 0 Å². The second-order valence-electron chi connectivity index (χ2n) is 5.14. The van der Waals surface area contributed by atoms with Crippen molar-refractivity contribution < 1.29 is 4.79 Å². The number of nitrogens with two attached hydrogens (primary N) is 1. The lowest BCUT2D eigenvalue weighted by Gasteiger charge is -2.30. The summed E-state index contributed by atoms with van der Waals surface area (Å²) in [5, 5.41) is 0. The summed E-state index contributed by atoms with van der Waals surface area (Å²) in [5.41, 5.74) is 8.47. The van der Waals surface area contributed by atoms with Gasteiger partial charge in [-0.15, -0.1) is 0 Å². The van der Waals surface area contributed by atoms with E-state index in [1.807, 2.05) is 23.1 Å². The maximum Gasteiger partial charge on any atom is 0.254 e. The largest absolute Gasteiger partial charge is 0.399 e. The van der Waals surface area contributed by atoms with Crippen LogP contribution in [0, 0.1) is 0 Å². The van der Waals surface area contributed by atoms with Gasteiger partial charge in [0.2, 0.25) is 0 Å². The highest BCUT2D eigenvalue weighted by Gasteiger charge is 2.32. The zero-order valence-corrected chi connectivity index (χ0v) is 9.98. The first-order valence-corrected chi connectivity index (χ1v) is 6.45. The molecule has 0 spiro atoms. The molecule has 0 aromatic heterocycles. The van der Waals surface area contributed by atoms with Crippen LogP contribution in [0.2, 0.25) is 0 Å². The molecule has 0 unspecified atom stereocenters. The van der Waals surface area contributed by atoms with E-state index in [0.29, 0.717) is 6.04 Å². The second-order valence-corrected chi connectivity index (χ2v) is 5.14. The summed E-state index contributed by atoms with van der Waals surface area (Å²) >= 11 is 0. The van der Waals surface area contributed by atoms with E-state index in [4.69, 9.17) is 5.73 Å². The molecule has 3 rings (SSSR count). The molecular formula is C14H18N2O. The van der Waals surface area contributed by atoms with Gasteiger partial charge in [-0.1, -0.05) is 19.3 Å². The fraction of sp³-hybridized carbons (Fsp3) is 0.500. The third-order valence-electron chi connectivity index (χ3n) is 3.98. The summed E-state index contributed by atoms with van der Waals surface area (Å²) in [4.78, 5) is 14.3. The van der Waals surface area contributed by atoms with Crippen molar-refractivity contribution >= 4 is 11.6 Å². The summed E-state index contributed by atoms with van der Waals surface area (Å²) in [6, 6.07) is 6.08. The molecule has 3 nitrogen and oxygen atoms in total. The maximum absolute atomic E-state index is 12.3. The fourth-order valence-corrected chi connectivity index (χ4v) is 3.05. The highest BCUT2D eigenvalue weighted by atomic mass is 16.2. The molecule has 17 heavy (non-hydrogen) atoms. The van der Waals surface area contributed by atoms with Crippen molar-refractivity contribution in [3.05, 3.63) is 29.3 Å². The van der Waals surface area contributed by atoms with Crippen LogP contribution < -0.4 is 5.73 Å². The van der Waals surface area contributed by atoms with E-state index in [1.165, 1.54) is 19.3 Å². The Balaban J connectivity index is 1.85. The average Bonchev–Trinajstić information content (AvgIpc) is 2.67. The molecule has 2 N–H and O–H groups in total. The van der Waals surface area contributed by atoms with Crippen molar-refractivity contribution in [2.75, 3.05) is 5.73 Å². The normalized spacial score (nSPS) is 20.7. The number of hydrogen-bond donors (Lipinski definition) is 1. The Morgan fingerprint density at radius 1 is 1.18 bits per heavy atom. The number of nitrogen functional groups attached to an aromatic ring is 1. The summed E-state index contributed by atoms with van der Waals surface area (Å²) in [5.74, 6) is 0.201. The van der Waals surface area contributed by atoms with Crippen LogP contribution in [0.3, 0.4) is 0 Å². The smallest absolute Gasteiger partial charge is 0.254 e. The van der Waals surface area contributed by atoms with Gasteiger partial charge in [0, 0.05) is 23.8 Å². The van der Waals surface area contributed by atoms with Crippen molar-refractivity contribution in [3.8, 4) is 0 Å². The summed E-state index contributed by atoms with van der Waals surface area (Å²) < 4.78 is 0. The van der Waals surface area contributed by atoms with Gasteiger partial charge in [0.25, 0.3) is 5.91 Å². The average molecular weight is 230 g/mol. The molecule has 1 aromatic rings. The van der Waals surface area contributed by atoms with Gasteiger partial charge in [0.1, 0.15) is 0 Å². The topological polar surface area (TPSA) is 46.3 Å². The van der Waals surface area contributed by atoms with E-state index in [9.17, 15) is 4.79 Å². The molecule has 1 fully saturated rings. The standard InChI is InChI=1S/C14H18N2O/c15-11-6-7-13-10(8-11)9-16(14(13)17)12-4-2-1-3-5-12/h6-8,12H,1-5,9,15H2. The van der Waals surface area contributed by atoms with Crippen LogP contribution in [0.4, 0.5) is 5.69 Å². The number of fused-ring (bicyclic) bond motifs is 1. The van der Waals surface area contributed by atoms with Crippen molar-refractivity contribution in [1.29, 1.82) is 0 Å². The summed E-state index contributed by atoms with van der Waals surface area (Å²) in [6.45, 7) is 0.754. The van der Waals surface area contributed by atoms with Crippen LogP contribution in [0.25, 0.3) is 0 Å². The highest BCUT2D eigenvalue weighted by Crippen LogP contribution is 2.31. The van der Waals surface area contributed by atoms with Crippen LogP contribution in [-0.4, -0.2) is 16.8 Å². The lowest BCUT2D eigenvalue weighted by molar-refractivity contribution is 0.0660. The van der Waals surface area contributed by atoms with Gasteiger partial charge in [-0.3, -0.25) is 4.79 Å². The van der Waals surface area contributed by atoms with Crippen LogP contribution in [0.1, 0.15) is 48.0 Å². The van der Waals surface area contributed by atoms with Gasteiger partial charge >= 0.3 is 0 Å². The third-order valence-corrected chi connectivity index (χ3v) is 3.98. The molecule has 0 bridgehead atoms. The highest BCUT2D eigenvalue weighted by molar-refractivity contribution is 5.99. The van der Waals surface area contributed by atoms with E-state index in [2.05, 4.69) is 0 Å². The Kier molecular flexibility index (Phi) is 2.54. The Bertz CT molecular complexity index is 450. The van der Waals surface area contributed by atoms with Crippen molar-refractivity contribution in [2.45, 2.75) is 44.7 Å². The first kappa shape index (κ1) is 10.6. The lowest BCUT2D eigenvalue weighted by Crippen LogP contribution is -2.36. The number of benzene rings is 1. The SMILES string of the molecule is Nc1ccc2c(c1)CN(C1CCCCC1)C2=O. The molecule has 0 saturated heterocycles. The van der Waals surface area contributed by atoms with Crippen molar-refractivity contribution in [3.63, 3.8) is 0 Å². The number of rotatable bonds is 1. The van der Waals surface area contributed by atoms with E-state index in [0.717, 1.165) is 36.2 Å². The maximum atomic E-state index is 12.3. The van der Waals surface area contributed by atoms with Crippen LogP contribution >= 0.6 is 0 Å². The van der Waals surface area contributed by atoms with Crippen LogP contribution in [0.15, 0.2) is 18.2 Å². The number of amides is 1. The van der Waals surface area contributed by atoms with Crippen LogP contribution in [0.5, 0.6) is 0 Å². The summed E-state index contributed by atoms with van der Waals surface area (Å²) in [6.07, 6.45) is 6.16. The molecule has 1 heterocycles. The fourth-order valence-electron chi connectivity index (χ4n) is 3.05. The number of anilines is 1. The second kappa shape index (κ2) is 4.06. The predicted molar refractivity (Wildman–Crippen MR) is 67.6 cm³/mol. The van der Waals surface area contributed by atoms with Crippen LogP contribution in [-0.2, 0) is 6.54 Å². The van der Waals surface area contributed by atoms with Gasteiger partial charge in [0.05, 0.1) is 0 Å². The van der Waals surface area contributed by atoms with Gasteiger partial charge < -0.3 is 10.6 Å². The summed E-state index contributed by atoms with van der Waals surface area (Å²) in [7, 11) is 0. The molecule has 1 saturated carbocycles. The Morgan fingerprint density at radius 3 is 2.71 bits per heavy atom. The van der Waals surface area contributed by atoms with Crippen molar-refractivity contribution in [2.24, 2.45) is 0 Å². The number of nitrogens with zero attached hydrogens (tertiary/aromatic N) is 1. The number of hydrogen-bond acceptors (Lipinski definition) is 2. The molecule has 1 aliphatic heterocycles. The number of carbonyl (C=O) groups excluding carboxylic acids is 1.